The summed E-state index contributed by atoms with van der Waals surface area (Å²) in [6, 6.07) is 5.49. The van der Waals surface area contributed by atoms with E-state index in [-0.39, 0.29) is 18.3 Å². The van der Waals surface area contributed by atoms with Gasteiger partial charge in [-0.1, -0.05) is 6.07 Å². The van der Waals surface area contributed by atoms with Crippen LogP contribution in [0.4, 0.5) is 0 Å². The first-order valence-corrected chi connectivity index (χ1v) is 6.23. The molecule has 1 aromatic carbocycles. The summed E-state index contributed by atoms with van der Waals surface area (Å²) in [5.74, 6) is 0.326. The first kappa shape index (κ1) is 12.8. The third-order valence-electron chi connectivity index (χ3n) is 2.62. The molecule has 0 saturated heterocycles. The highest BCUT2D eigenvalue weighted by molar-refractivity contribution is 9.10. The normalized spacial score (nSPS) is 13.7. The molecule has 0 bridgehead atoms. The molecule has 0 aliphatic carbocycles. The lowest BCUT2D eigenvalue weighted by Gasteiger charge is -2.23. The molecule has 1 aromatic rings. The number of ether oxygens (including phenoxy) is 1. The van der Waals surface area contributed by atoms with Crippen LogP contribution < -0.4 is 10.1 Å². The van der Waals surface area contributed by atoms with Crippen LogP contribution in [-0.2, 0) is 9.59 Å². The Balaban J connectivity index is 2.61. The number of halogens is 1. The summed E-state index contributed by atoms with van der Waals surface area (Å²) in [7, 11) is 0. The summed E-state index contributed by atoms with van der Waals surface area (Å²) >= 11 is 3.39. The Kier molecular flexibility index (Phi) is 3.52. The van der Waals surface area contributed by atoms with E-state index in [2.05, 4.69) is 21.2 Å². The predicted molar refractivity (Wildman–Crippen MR) is 71.1 cm³/mol. The summed E-state index contributed by atoms with van der Waals surface area (Å²) < 4.78 is 6.36. The first-order chi connectivity index (χ1) is 8.50. The molecule has 0 radical (unpaired) electrons. The molecule has 0 atom stereocenters. The zero-order chi connectivity index (χ0) is 13.3. The van der Waals surface area contributed by atoms with Gasteiger partial charge < -0.3 is 10.1 Å². The lowest BCUT2D eigenvalue weighted by atomic mass is 10.0. The lowest BCUT2D eigenvalue weighted by Crippen LogP contribution is -2.27. The van der Waals surface area contributed by atoms with E-state index in [0.29, 0.717) is 17.0 Å². The Morgan fingerprint density at radius 1 is 1.33 bits per heavy atom. The Bertz CT molecular complexity index is 563. The van der Waals surface area contributed by atoms with Crippen molar-refractivity contribution in [2.45, 2.75) is 13.8 Å². The molecule has 1 heterocycles. The third-order valence-corrected chi connectivity index (χ3v) is 3.25. The standard InChI is InChI=1S/C13H12BrNO3/c1-7(16)10-6-18-13-9(4-3-5-11(13)14)12(10)15-8(2)17/h3-5H,6H2,1-2H3,(H,15,17). The first-order valence-electron chi connectivity index (χ1n) is 5.44. The van der Waals surface area contributed by atoms with Crippen LogP contribution in [0.1, 0.15) is 19.4 Å². The van der Waals surface area contributed by atoms with Crippen molar-refractivity contribution in [2.75, 3.05) is 6.61 Å². The van der Waals surface area contributed by atoms with Crippen molar-refractivity contribution in [3.63, 3.8) is 0 Å². The fraction of sp³-hybridized carbons (Fsp3) is 0.231. The quantitative estimate of drug-likeness (QED) is 0.912. The molecule has 1 aliphatic heterocycles. The minimum absolute atomic E-state index is 0.107. The Morgan fingerprint density at radius 2 is 2.06 bits per heavy atom. The number of amides is 1. The molecule has 0 saturated carbocycles. The van der Waals surface area contributed by atoms with Gasteiger partial charge >= 0.3 is 0 Å². The van der Waals surface area contributed by atoms with Gasteiger partial charge in [-0.3, -0.25) is 9.59 Å². The minimum atomic E-state index is -0.212. The lowest BCUT2D eigenvalue weighted by molar-refractivity contribution is -0.117. The van der Waals surface area contributed by atoms with Crippen molar-refractivity contribution in [1.82, 2.24) is 5.32 Å². The molecule has 1 N–H and O–H groups in total. The Hall–Kier alpha value is -1.62. The van der Waals surface area contributed by atoms with E-state index in [9.17, 15) is 9.59 Å². The van der Waals surface area contributed by atoms with E-state index in [1.807, 2.05) is 18.2 Å². The fourth-order valence-corrected chi connectivity index (χ4v) is 2.31. The van der Waals surface area contributed by atoms with E-state index in [1.165, 1.54) is 13.8 Å². The fourth-order valence-electron chi connectivity index (χ4n) is 1.83. The SMILES string of the molecule is CC(=O)NC1=C(C(C)=O)COc2c(Br)cccc21. The van der Waals surface area contributed by atoms with Gasteiger partial charge in [-0.2, -0.15) is 0 Å². The average Bonchev–Trinajstić information content (AvgIpc) is 2.29. The van der Waals surface area contributed by atoms with Crippen molar-refractivity contribution in [1.29, 1.82) is 0 Å². The number of ketones is 1. The van der Waals surface area contributed by atoms with Gasteiger partial charge in [0.25, 0.3) is 0 Å². The van der Waals surface area contributed by atoms with Crippen molar-refractivity contribution in [3.05, 3.63) is 33.8 Å². The highest BCUT2D eigenvalue weighted by atomic mass is 79.9. The van der Waals surface area contributed by atoms with Crippen LogP contribution in [0.3, 0.4) is 0 Å². The highest BCUT2D eigenvalue weighted by Gasteiger charge is 2.24. The average molecular weight is 310 g/mol. The van der Waals surface area contributed by atoms with Gasteiger partial charge in [-0.25, -0.2) is 0 Å². The maximum atomic E-state index is 11.6. The number of para-hydroxylation sites is 1. The third kappa shape index (κ3) is 2.31. The van der Waals surface area contributed by atoms with Crippen LogP contribution >= 0.6 is 15.9 Å². The molecule has 2 rings (SSSR count). The van der Waals surface area contributed by atoms with E-state index < -0.39 is 0 Å². The minimum Gasteiger partial charge on any atom is -0.487 e. The molecule has 5 heteroatoms. The van der Waals surface area contributed by atoms with Gasteiger partial charge in [-0.15, -0.1) is 0 Å². The molecule has 0 unspecified atom stereocenters. The van der Waals surface area contributed by atoms with E-state index in [4.69, 9.17) is 4.74 Å². The van der Waals surface area contributed by atoms with Gasteiger partial charge in [0.1, 0.15) is 12.4 Å². The number of carbonyl (C=O) groups excluding carboxylic acids is 2. The number of hydrogen-bond donors (Lipinski definition) is 1. The smallest absolute Gasteiger partial charge is 0.221 e. The van der Waals surface area contributed by atoms with Crippen LogP contribution in [-0.4, -0.2) is 18.3 Å². The molecule has 4 nitrogen and oxygen atoms in total. The van der Waals surface area contributed by atoms with E-state index in [1.54, 1.807) is 0 Å². The number of rotatable bonds is 2. The van der Waals surface area contributed by atoms with Crippen LogP contribution in [0.25, 0.3) is 5.70 Å². The Morgan fingerprint density at radius 3 is 2.67 bits per heavy atom. The van der Waals surface area contributed by atoms with Crippen molar-refractivity contribution in [2.24, 2.45) is 0 Å². The van der Waals surface area contributed by atoms with Gasteiger partial charge in [-0.05, 0) is 35.0 Å². The topological polar surface area (TPSA) is 55.4 Å². The molecule has 18 heavy (non-hydrogen) atoms. The summed E-state index contributed by atoms with van der Waals surface area (Å²) in [6.45, 7) is 3.04. The van der Waals surface area contributed by atoms with Crippen molar-refractivity contribution < 1.29 is 14.3 Å². The van der Waals surface area contributed by atoms with Crippen LogP contribution in [0.15, 0.2) is 28.2 Å². The maximum absolute atomic E-state index is 11.6. The number of fused-ring (bicyclic) bond motifs is 1. The molecular weight excluding hydrogens is 298 g/mol. The second-order valence-electron chi connectivity index (χ2n) is 4.00. The van der Waals surface area contributed by atoms with Crippen LogP contribution in [0.2, 0.25) is 0 Å². The van der Waals surface area contributed by atoms with Gasteiger partial charge in [0, 0.05) is 12.5 Å². The van der Waals surface area contributed by atoms with E-state index in [0.717, 1.165) is 10.0 Å². The van der Waals surface area contributed by atoms with Gasteiger partial charge in [0.15, 0.2) is 5.78 Å². The molecule has 0 aromatic heterocycles. The summed E-state index contributed by atoms with van der Waals surface area (Å²) in [4.78, 5) is 22.9. The van der Waals surface area contributed by atoms with Crippen molar-refractivity contribution in [3.8, 4) is 5.75 Å². The number of benzene rings is 1. The van der Waals surface area contributed by atoms with Crippen LogP contribution in [0, 0.1) is 0 Å². The zero-order valence-electron chi connectivity index (χ0n) is 10.0. The highest BCUT2D eigenvalue weighted by Crippen LogP contribution is 2.37. The summed E-state index contributed by atoms with van der Waals surface area (Å²) in [5.41, 5.74) is 1.74. The molecule has 94 valence electrons. The number of carbonyl (C=O) groups is 2. The summed E-state index contributed by atoms with van der Waals surface area (Å²) in [5, 5.41) is 2.72. The largest absolute Gasteiger partial charge is 0.487 e. The Labute approximate surface area is 113 Å². The molecule has 0 fully saturated rings. The molecule has 1 aliphatic rings. The van der Waals surface area contributed by atoms with Crippen molar-refractivity contribution >= 4 is 33.3 Å². The monoisotopic (exact) mass is 309 g/mol. The number of nitrogens with one attached hydrogen (secondary N) is 1. The summed E-state index contributed by atoms with van der Waals surface area (Å²) in [6.07, 6.45) is 0. The van der Waals surface area contributed by atoms with Crippen LogP contribution in [0.5, 0.6) is 5.75 Å². The molecule has 1 amide bonds. The van der Waals surface area contributed by atoms with Gasteiger partial charge in [0.2, 0.25) is 5.91 Å². The molecular formula is C13H12BrNO3. The predicted octanol–water partition coefficient (Wildman–Crippen LogP) is 2.28. The second-order valence-corrected chi connectivity index (χ2v) is 4.85. The maximum Gasteiger partial charge on any atom is 0.221 e. The molecule has 0 spiro atoms. The zero-order valence-corrected chi connectivity index (χ0v) is 11.6. The second kappa shape index (κ2) is 4.94. The van der Waals surface area contributed by atoms with Gasteiger partial charge in [0.05, 0.1) is 15.7 Å². The number of hydrogen-bond acceptors (Lipinski definition) is 3. The number of Topliss-reactive ketones (excluding diaryl/α,β-unsaturated/α-hetero) is 1. The van der Waals surface area contributed by atoms with E-state index >= 15 is 0 Å².